The number of nitrogens with one attached hydrogen (secondary N) is 1. The fourth-order valence-electron chi connectivity index (χ4n) is 2.28. The third-order valence-electron chi connectivity index (χ3n) is 3.57. The van der Waals surface area contributed by atoms with Gasteiger partial charge in [-0.2, -0.15) is 9.80 Å². The highest BCUT2D eigenvalue weighted by Gasteiger charge is 2.17. The van der Waals surface area contributed by atoms with E-state index in [4.69, 9.17) is 23.7 Å². The van der Waals surface area contributed by atoms with Crippen LogP contribution in [0.25, 0.3) is 11.3 Å². The lowest BCUT2D eigenvalue weighted by molar-refractivity contribution is 0.100. The molecule has 2 aromatic carbocycles. The number of amides is 1. The number of H-pyrrole nitrogens is 1. The third-order valence-corrected chi connectivity index (χ3v) is 3.75. The molecule has 0 saturated carbocycles. The second kappa shape index (κ2) is 7.11. The molecule has 0 spiro atoms. The second-order valence-corrected chi connectivity index (χ2v) is 5.71. The molecule has 130 valence electrons. The summed E-state index contributed by atoms with van der Waals surface area (Å²) in [6.07, 6.45) is 0. The SMILES string of the molecule is NC(=O)c1ccc(N=Nc2c(-c3ccccc3)[nH]n(C(N)=S)c2=O)cc1. The van der Waals surface area contributed by atoms with Crippen molar-refractivity contribution in [2.45, 2.75) is 0 Å². The minimum Gasteiger partial charge on any atom is -0.374 e. The smallest absolute Gasteiger partial charge is 0.301 e. The zero-order chi connectivity index (χ0) is 18.7. The van der Waals surface area contributed by atoms with Gasteiger partial charge in [0.15, 0.2) is 10.8 Å². The van der Waals surface area contributed by atoms with Crippen LogP contribution in [0.1, 0.15) is 10.4 Å². The van der Waals surface area contributed by atoms with Gasteiger partial charge in [-0.25, -0.2) is 0 Å². The average Bonchev–Trinajstić information content (AvgIpc) is 2.98. The number of rotatable bonds is 4. The summed E-state index contributed by atoms with van der Waals surface area (Å²) in [5.41, 5.74) is 12.3. The highest BCUT2D eigenvalue weighted by Crippen LogP contribution is 2.27. The molecule has 26 heavy (non-hydrogen) atoms. The first kappa shape index (κ1) is 17.2. The van der Waals surface area contributed by atoms with Crippen molar-refractivity contribution in [3.05, 3.63) is 70.5 Å². The van der Waals surface area contributed by atoms with Crippen molar-refractivity contribution in [2.24, 2.45) is 21.7 Å². The molecule has 3 rings (SSSR count). The van der Waals surface area contributed by atoms with E-state index in [0.29, 0.717) is 16.9 Å². The molecule has 0 atom stereocenters. The predicted octanol–water partition coefficient (Wildman–Crippen LogP) is 2.45. The number of azo groups is 1. The number of carbonyl (C=O) groups excluding carboxylic acids is 1. The highest BCUT2D eigenvalue weighted by atomic mass is 32.1. The molecular formula is C17H14N6O2S. The summed E-state index contributed by atoms with van der Waals surface area (Å²) in [5.74, 6) is -0.537. The van der Waals surface area contributed by atoms with Gasteiger partial charge in [0.25, 0.3) is 0 Å². The molecule has 0 saturated heterocycles. The minimum absolute atomic E-state index is 0.0722. The van der Waals surface area contributed by atoms with Gasteiger partial charge in [0, 0.05) is 11.1 Å². The van der Waals surface area contributed by atoms with Crippen LogP contribution in [0.2, 0.25) is 0 Å². The molecule has 0 unspecified atom stereocenters. The molecule has 8 nitrogen and oxygen atoms in total. The van der Waals surface area contributed by atoms with E-state index < -0.39 is 11.5 Å². The Hall–Kier alpha value is -3.59. The first-order valence-corrected chi connectivity index (χ1v) is 7.90. The van der Waals surface area contributed by atoms with Crippen molar-refractivity contribution >= 4 is 34.6 Å². The van der Waals surface area contributed by atoms with Crippen molar-refractivity contribution in [1.82, 2.24) is 9.78 Å². The Balaban J connectivity index is 2.04. The lowest BCUT2D eigenvalue weighted by atomic mass is 10.1. The van der Waals surface area contributed by atoms with Crippen molar-refractivity contribution in [3.8, 4) is 11.3 Å². The minimum atomic E-state index is -0.537. The number of primary amides is 1. The molecular weight excluding hydrogens is 352 g/mol. The number of hydrogen-bond acceptors (Lipinski definition) is 5. The summed E-state index contributed by atoms with van der Waals surface area (Å²) < 4.78 is 1.03. The Morgan fingerprint density at radius 3 is 2.23 bits per heavy atom. The van der Waals surface area contributed by atoms with Gasteiger partial charge in [-0.15, -0.1) is 5.11 Å². The van der Waals surface area contributed by atoms with Gasteiger partial charge in [-0.3, -0.25) is 14.7 Å². The van der Waals surface area contributed by atoms with Gasteiger partial charge in [0.1, 0.15) is 0 Å². The van der Waals surface area contributed by atoms with E-state index in [2.05, 4.69) is 15.3 Å². The number of thiocarbonyl (C=S) groups is 1. The van der Waals surface area contributed by atoms with E-state index >= 15 is 0 Å². The number of hydrogen-bond donors (Lipinski definition) is 3. The fraction of sp³-hybridized carbons (Fsp3) is 0. The number of nitrogens with two attached hydrogens (primary N) is 2. The monoisotopic (exact) mass is 366 g/mol. The second-order valence-electron chi connectivity index (χ2n) is 5.29. The normalized spacial score (nSPS) is 10.9. The van der Waals surface area contributed by atoms with Gasteiger partial charge in [0.05, 0.1) is 11.4 Å². The molecule has 9 heteroatoms. The zero-order valence-electron chi connectivity index (χ0n) is 13.4. The molecule has 0 radical (unpaired) electrons. The average molecular weight is 366 g/mol. The summed E-state index contributed by atoms with van der Waals surface area (Å²) in [6.45, 7) is 0. The Morgan fingerprint density at radius 1 is 1.00 bits per heavy atom. The van der Waals surface area contributed by atoms with Crippen LogP contribution < -0.4 is 17.0 Å². The number of aromatic nitrogens is 2. The number of carbonyl (C=O) groups is 1. The molecule has 0 aliphatic heterocycles. The van der Waals surface area contributed by atoms with Crippen LogP contribution in [0.5, 0.6) is 0 Å². The van der Waals surface area contributed by atoms with E-state index in [9.17, 15) is 9.59 Å². The number of benzene rings is 2. The van der Waals surface area contributed by atoms with Crippen LogP contribution in [-0.2, 0) is 0 Å². The van der Waals surface area contributed by atoms with E-state index in [1.165, 1.54) is 12.1 Å². The number of nitrogens with zero attached hydrogens (tertiary/aromatic N) is 3. The van der Waals surface area contributed by atoms with Crippen molar-refractivity contribution in [3.63, 3.8) is 0 Å². The molecule has 0 aliphatic rings. The molecule has 0 aliphatic carbocycles. The number of aromatic amines is 1. The summed E-state index contributed by atoms with van der Waals surface area (Å²) in [7, 11) is 0. The van der Waals surface area contributed by atoms with E-state index in [1.54, 1.807) is 12.1 Å². The lowest BCUT2D eigenvalue weighted by Gasteiger charge is -1.99. The third kappa shape index (κ3) is 3.42. The molecule has 1 aromatic heterocycles. The molecule has 1 heterocycles. The first-order chi connectivity index (χ1) is 12.5. The molecule has 1 amide bonds. The summed E-state index contributed by atoms with van der Waals surface area (Å²) in [6, 6.07) is 15.3. The fourth-order valence-corrected chi connectivity index (χ4v) is 2.41. The highest BCUT2D eigenvalue weighted by molar-refractivity contribution is 7.80. The summed E-state index contributed by atoms with van der Waals surface area (Å²) in [5, 5.41) is 10.8. The predicted molar refractivity (Wildman–Crippen MR) is 102 cm³/mol. The van der Waals surface area contributed by atoms with E-state index in [0.717, 1.165) is 10.2 Å². The van der Waals surface area contributed by atoms with Gasteiger partial charge in [-0.05, 0) is 36.5 Å². The van der Waals surface area contributed by atoms with Gasteiger partial charge < -0.3 is 11.5 Å². The first-order valence-electron chi connectivity index (χ1n) is 7.49. The molecule has 5 N–H and O–H groups in total. The van der Waals surface area contributed by atoms with Gasteiger partial charge in [0.2, 0.25) is 5.91 Å². The van der Waals surface area contributed by atoms with Gasteiger partial charge in [-0.1, -0.05) is 30.3 Å². The molecule has 0 fully saturated rings. The van der Waals surface area contributed by atoms with Crippen LogP contribution >= 0.6 is 12.2 Å². The maximum atomic E-state index is 12.5. The largest absolute Gasteiger partial charge is 0.374 e. The molecule has 0 bridgehead atoms. The standard InChI is InChI=1S/C17H14N6O2S/c18-15(24)11-6-8-12(9-7-11)20-21-14-13(10-4-2-1-3-5-10)22-23(16(14)25)17(19)26/h1-9,22H,(H2,18,24)(H2,19,26). The molecule has 3 aromatic rings. The van der Waals surface area contributed by atoms with Crippen molar-refractivity contribution in [1.29, 1.82) is 0 Å². The zero-order valence-corrected chi connectivity index (χ0v) is 14.2. The maximum Gasteiger partial charge on any atom is 0.301 e. The Morgan fingerprint density at radius 2 is 1.65 bits per heavy atom. The summed E-state index contributed by atoms with van der Waals surface area (Å²) >= 11 is 4.88. The van der Waals surface area contributed by atoms with E-state index in [1.807, 2.05) is 30.3 Å². The van der Waals surface area contributed by atoms with Crippen LogP contribution in [0.3, 0.4) is 0 Å². The van der Waals surface area contributed by atoms with E-state index in [-0.39, 0.29) is 10.8 Å². The van der Waals surface area contributed by atoms with Crippen LogP contribution in [0, 0.1) is 0 Å². The van der Waals surface area contributed by atoms with Crippen molar-refractivity contribution in [2.75, 3.05) is 0 Å². The van der Waals surface area contributed by atoms with Crippen LogP contribution in [0.15, 0.2) is 69.6 Å². The lowest BCUT2D eigenvalue weighted by Crippen LogP contribution is -2.29. The van der Waals surface area contributed by atoms with Crippen molar-refractivity contribution < 1.29 is 4.79 Å². The topological polar surface area (TPSA) is 132 Å². The Bertz CT molecular complexity index is 1050. The van der Waals surface area contributed by atoms with Gasteiger partial charge >= 0.3 is 5.56 Å². The Labute approximate surface area is 153 Å². The maximum absolute atomic E-state index is 12.5. The quantitative estimate of drug-likeness (QED) is 0.483. The van der Waals surface area contributed by atoms with Crippen LogP contribution in [-0.4, -0.2) is 20.8 Å². The Kier molecular flexibility index (Phi) is 4.72. The summed E-state index contributed by atoms with van der Waals surface area (Å²) in [4.78, 5) is 23.6. The van der Waals surface area contributed by atoms with Crippen LogP contribution in [0.4, 0.5) is 11.4 Å².